The van der Waals surface area contributed by atoms with E-state index in [0.29, 0.717) is 12.4 Å². The zero-order chi connectivity index (χ0) is 12.9. The van der Waals surface area contributed by atoms with Crippen molar-refractivity contribution < 1.29 is 8.42 Å². The van der Waals surface area contributed by atoms with Gasteiger partial charge in [-0.3, -0.25) is 0 Å². The Morgan fingerprint density at radius 2 is 2.18 bits per heavy atom. The lowest BCUT2D eigenvalue weighted by Crippen LogP contribution is -2.24. The molecule has 0 aliphatic rings. The van der Waals surface area contributed by atoms with Crippen LogP contribution in [0, 0.1) is 0 Å². The lowest BCUT2D eigenvalue weighted by atomic mass is 10.3. The van der Waals surface area contributed by atoms with Crippen molar-refractivity contribution in [2.75, 3.05) is 18.6 Å². The van der Waals surface area contributed by atoms with Gasteiger partial charge in [0, 0.05) is 6.26 Å². The third-order valence-electron chi connectivity index (χ3n) is 2.32. The van der Waals surface area contributed by atoms with Crippen molar-refractivity contribution >= 4 is 9.84 Å². The van der Waals surface area contributed by atoms with Crippen LogP contribution in [0.5, 0.6) is 0 Å². The molecule has 1 atom stereocenters. The van der Waals surface area contributed by atoms with Crippen LogP contribution in [-0.2, 0) is 16.4 Å². The van der Waals surface area contributed by atoms with E-state index < -0.39 is 9.84 Å². The monoisotopic (exact) mass is 261 g/mol. The summed E-state index contributed by atoms with van der Waals surface area (Å²) >= 11 is 0. The van der Waals surface area contributed by atoms with E-state index in [0.717, 1.165) is 13.0 Å². The number of tetrazole rings is 1. The van der Waals surface area contributed by atoms with Crippen LogP contribution in [0.25, 0.3) is 0 Å². The predicted molar refractivity (Wildman–Crippen MR) is 64.2 cm³/mol. The van der Waals surface area contributed by atoms with Crippen LogP contribution >= 0.6 is 0 Å². The van der Waals surface area contributed by atoms with Crippen molar-refractivity contribution in [1.82, 2.24) is 25.5 Å². The molecule has 1 unspecified atom stereocenters. The number of sulfone groups is 1. The highest BCUT2D eigenvalue weighted by Crippen LogP contribution is 2.07. The van der Waals surface area contributed by atoms with E-state index >= 15 is 0 Å². The molecule has 0 spiro atoms. The Morgan fingerprint density at radius 3 is 2.76 bits per heavy atom. The van der Waals surface area contributed by atoms with Crippen LogP contribution in [0.4, 0.5) is 0 Å². The zero-order valence-corrected chi connectivity index (χ0v) is 11.2. The smallest absolute Gasteiger partial charge is 0.167 e. The normalized spacial score (nSPS) is 13.8. The molecule has 7 nitrogen and oxygen atoms in total. The molecule has 17 heavy (non-hydrogen) atoms. The number of rotatable bonds is 7. The van der Waals surface area contributed by atoms with Gasteiger partial charge in [0.15, 0.2) is 5.82 Å². The Hall–Kier alpha value is -1.02. The summed E-state index contributed by atoms with van der Waals surface area (Å²) in [5, 5.41) is 14.6. The van der Waals surface area contributed by atoms with Crippen LogP contribution in [0.15, 0.2) is 0 Å². The fraction of sp³-hybridized carbons (Fsp3) is 0.889. The Kier molecular flexibility index (Phi) is 5.01. The van der Waals surface area contributed by atoms with Gasteiger partial charge in [0.2, 0.25) is 0 Å². The van der Waals surface area contributed by atoms with E-state index in [1.54, 1.807) is 0 Å². The Balaban J connectivity index is 2.65. The quantitative estimate of drug-likeness (QED) is 0.729. The fourth-order valence-electron chi connectivity index (χ4n) is 1.39. The Morgan fingerprint density at radius 1 is 1.47 bits per heavy atom. The number of aryl methyl sites for hydroxylation is 1. The summed E-state index contributed by atoms with van der Waals surface area (Å²) in [6.07, 6.45) is 2.23. The predicted octanol–water partition coefficient (Wildman–Crippen LogP) is -0.222. The number of aromatic nitrogens is 4. The third-order valence-corrected chi connectivity index (χ3v) is 3.25. The highest BCUT2D eigenvalue weighted by Gasteiger charge is 2.14. The maximum absolute atomic E-state index is 11.1. The minimum absolute atomic E-state index is 0.0181. The van der Waals surface area contributed by atoms with Crippen molar-refractivity contribution in [1.29, 1.82) is 0 Å². The molecule has 0 radical (unpaired) electrons. The molecule has 0 amide bonds. The molecule has 1 N–H and O–H groups in total. The summed E-state index contributed by atoms with van der Waals surface area (Å²) in [6, 6.07) is 0.0181. The molecule has 0 fully saturated rings. The molecule has 1 rings (SSSR count). The number of nitrogens with zero attached hydrogens (tertiary/aromatic N) is 4. The van der Waals surface area contributed by atoms with E-state index in [4.69, 9.17) is 0 Å². The second kappa shape index (κ2) is 6.06. The molecule has 0 saturated carbocycles. The zero-order valence-electron chi connectivity index (χ0n) is 10.4. The Bertz CT molecular complexity index is 442. The summed E-state index contributed by atoms with van der Waals surface area (Å²) < 4.78 is 23.7. The lowest BCUT2D eigenvalue weighted by Gasteiger charge is -2.12. The second-order valence-corrected chi connectivity index (χ2v) is 6.33. The molecular weight excluding hydrogens is 242 g/mol. The number of hydrogen-bond acceptors (Lipinski definition) is 6. The molecule has 98 valence electrons. The van der Waals surface area contributed by atoms with Crippen LogP contribution in [-0.4, -0.2) is 47.2 Å². The van der Waals surface area contributed by atoms with Gasteiger partial charge in [-0.25, -0.2) is 13.1 Å². The van der Waals surface area contributed by atoms with Crippen LogP contribution < -0.4 is 5.32 Å². The molecule has 0 aliphatic heterocycles. The molecule has 1 aromatic rings. The molecule has 0 aliphatic carbocycles. The van der Waals surface area contributed by atoms with Crippen molar-refractivity contribution in [3.63, 3.8) is 0 Å². The van der Waals surface area contributed by atoms with E-state index in [1.807, 2.05) is 6.92 Å². The standard InChI is InChI=1S/C9H19N5O2S/c1-4-5-10-8(2)9-11-12-13-14(9)6-7-17(3,15)16/h8,10H,4-7H2,1-3H3. The SMILES string of the molecule is CCCNC(C)c1nnnn1CCS(C)(=O)=O. The first-order chi connectivity index (χ1) is 7.94. The molecule has 1 aromatic heterocycles. The summed E-state index contributed by atoms with van der Waals surface area (Å²) in [4.78, 5) is 0. The van der Waals surface area contributed by atoms with Gasteiger partial charge in [-0.15, -0.1) is 5.10 Å². The molecule has 0 aromatic carbocycles. The van der Waals surface area contributed by atoms with Gasteiger partial charge in [0.25, 0.3) is 0 Å². The van der Waals surface area contributed by atoms with Gasteiger partial charge in [0.1, 0.15) is 9.84 Å². The number of nitrogens with one attached hydrogen (secondary N) is 1. The van der Waals surface area contributed by atoms with Gasteiger partial charge >= 0.3 is 0 Å². The molecule has 1 heterocycles. The highest BCUT2D eigenvalue weighted by atomic mass is 32.2. The fourth-order valence-corrected chi connectivity index (χ4v) is 1.89. The van der Waals surface area contributed by atoms with Gasteiger partial charge in [0.05, 0.1) is 18.3 Å². The van der Waals surface area contributed by atoms with E-state index in [2.05, 4.69) is 27.8 Å². The summed E-state index contributed by atoms with van der Waals surface area (Å²) in [6.45, 7) is 5.20. The van der Waals surface area contributed by atoms with Crippen LogP contribution in [0.1, 0.15) is 32.1 Å². The van der Waals surface area contributed by atoms with Gasteiger partial charge in [-0.1, -0.05) is 6.92 Å². The first kappa shape index (κ1) is 14.0. The maximum atomic E-state index is 11.1. The minimum Gasteiger partial charge on any atom is -0.307 e. The van der Waals surface area contributed by atoms with Gasteiger partial charge < -0.3 is 5.32 Å². The minimum atomic E-state index is -3.00. The lowest BCUT2D eigenvalue weighted by molar-refractivity contribution is 0.495. The summed E-state index contributed by atoms with van der Waals surface area (Å²) in [5.74, 6) is 0.716. The molecule has 8 heteroatoms. The topological polar surface area (TPSA) is 89.8 Å². The van der Waals surface area contributed by atoms with E-state index in [-0.39, 0.29) is 11.8 Å². The van der Waals surface area contributed by atoms with Crippen molar-refractivity contribution in [2.24, 2.45) is 0 Å². The first-order valence-corrected chi connectivity index (χ1v) is 7.67. The Labute approximate surface area is 102 Å². The van der Waals surface area contributed by atoms with Crippen LogP contribution in [0.3, 0.4) is 0 Å². The second-order valence-electron chi connectivity index (χ2n) is 4.07. The molecule has 0 bridgehead atoms. The van der Waals surface area contributed by atoms with Crippen molar-refractivity contribution in [3.05, 3.63) is 5.82 Å². The van der Waals surface area contributed by atoms with Crippen LogP contribution in [0.2, 0.25) is 0 Å². The van der Waals surface area contributed by atoms with E-state index in [1.165, 1.54) is 10.9 Å². The molecule has 0 saturated heterocycles. The third kappa shape index (κ3) is 4.78. The molecular formula is C9H19N5O2S. The van der Waals surface area contributed by atoms with Gasteiger partial charge in [-0.05, 0) is 30.3 Å². The highest BCUT2D eigenvalue weighted by molar-refractivity contribution is 7.90. The first-order valence-electron chi connectivity index (χ1n) is 5.61. The average molecular weight is 261 g/mol. The van der Waals surface area contributed by atoms with Gasteiger partial charge in [-0.2, -0.15) is 0 Å². The van der Waals surface area contributed by atoms with E-state index in [9.17, 15) is 8.42 Å². The van der Waals surface area contributed by atoms with Crippen molar-refractivity contribution in [2.45, 2.75) is 32.9 Å². The summed E-state index contributed by atoms with van der Waals surface area (Å²) in [7, 11) is -3.00. The summed E-state index contributed by atoms with van der Waals surface area (Å²) in [5.41, 5.74) is 0. The largest absolute Gasteiger partial charge is 0.307 e. The number of hydrogen-bond donors (Lipinski definition) is 1. The average Bonchev–Trinajstić information content (AvgIpc) is 2.70. The maximum Gasteiger partial charge on any atom is 0.167 e. The van der Waals surface area contributed by atoms with Crippen molar-refractivity contribution in [3.8, 4) is 0 Å².